The molecule has 0 aromatic heterocycles. The van der Waals surface area contributed by atoms with E-state index >= 15 is 0 Å². The van der Waals surface area contributed by atoms with Crippen molar-refractivity contribution in [2.24, 2.45) is 0 Å². The molecule has 0 bridgehead atoms. The first-order valence-corrected chi connectivity index (χ1v) is 3.79. The van der Waals surface area contributed by atoms with Gasteiger partial charge in [0, 0.05) is 13.8 Å². The van der Waals surface area contributed by atoms with Crippen molar-refractivity contribution in [3.8, 4) is 0 Å². The molecule has 0 atom stereocenters. The molecule has 0 heterocycles. The molecule has 0 aromatic rings. The second-order valence-electron chi connectivity index (χ2n) is 1.04. The van der Waals surface area contributed by atoms with E-state index in [-0.39, 0.29) is 52.0 Å². The maximum absolute atomic E-state index is 9.00. The molecule has 0 spiro atoms. The summed E-state index contributed by atoms with van der Waals surface area (Å²) in [6, 6.07) is 0. The van der Waals surface area contributed by atoms with Crippen LogP contribution in [0.4, 0.5) is 0 Å². The Morgan fingerprint density at radius 1 is 1.00 bits per heavy atom. The van der Waals surface area contributed by atoms with Crippen LogP contribution in [0.3, 0.4) is 0 Å². The molecular formula is C8H20O4S2U. The van der Waals surface area contributed by atoms with Crippen molar-refractivity contribution in [3.05, 3.63) is 14.4 Å². The molecule has 0 saturated carbocycles. The molecule has 0 amide bonds. The fourth-order valence-corrected chi connectivity index (χ4v) is 0. The van der Waals surface area contributed by atoms with Crippen LogP contribution in [0.15, 0.2) is 0 Å². The molecule has 0 unspecified atom stereocenters. The van der Waals surface area contributed by atoms with Gasteiger partial charge in [0.05, 0.1) is 0 Å². The van der Waals surface area contributed by atoms with E-state index in [0.717, 1.165) is 13.8 Å². The number of thiol groups is 1. The van der Waals surface area contributed by atoms with Crippen LogP contribution in [0.5, 0.6) is 0 Å². The topological polar surface area (TPSA) is 74.6 Å². The maximum atomic E-state index is 9.00. The molecule has 7 heteroatoms. The fourth-order valence-electron chi connectivity index (χ4n) is 0. The predicted molar refractivity (Wildman–Crippen MR) is 66.1 cm³/mol. The molecule has 92 valence electrons. The molecule has 15 heavy (non-hydrogen) atoms. The van der Waals surface area contributed by atoms with Crippen LogP contribution < -0.4 is 0 Å². The summed E-state index contributed by atoms with van der Waals surface area (Å²) in [5.41, 5.74) is 0. The van der Waals surface area contributed by atoms with Gasteiger partial charge in [-0.25, -0.2) is 0 Å². The van der Waals surface area contributed by atoms with Gasteiger partial charge >= 0.3 is 31.1 Å². The van der Waals surface area contributed by atoms with Gasteiger partial charge in [0.15, 0.2) is 0 Å². The van der Waals surface area contributed by atoms with Gasteiger partial charge in [0.25, 0.3) is 11.9 Å². The summed E-state index contributed by atoms with van der Waals surface area (Å²) in [6.07, 6.45) is 1.58. The van der Waals surface area contributed by atoms with Crippen molar-refractivity contribution in [1.29, 1.82) is 0 Å². The van der Waals surface area contributed by atoms with Crippen LogP contribution in [-0.2, 0) is 35.7 Å². The molecule has 0 radical (unpaired) electrons. The predicted octanol–water partition coefficient (Wildman–Crippen LogP) is 1.37. The van der Waals surface area contributed by atoms with Gasteiger partial charge in [-0.15, -0.1) is 0 Å². The quantitative estimate of drug-likeness (QED) is 0.309. The van der Waals surface area contributed by atoms with Crippen LogP contribution >= 0.6 is 0 Å². The van der Waals surface area contributed by atoms with E-state index in [1.807, 2.05) is 0 Å². The Hall–Kier alpha value is 0.692. The maximum Gasteiger partial charge on any atom is 4.00 e. The van der Waals surface area contributed by atoms with E-state index in [2.05, 4.69) is 19.6 Å². The third kappa shape index (κ3) is 4940. The first kappa shape index (κ1) is 44.8. The molecule has 0 aliphatic carbocycles. The van der Waals surface area contributed by atoms with Gasteiger partial charge in [-0.1, -0.05) is 0 Å². The van der Waals surface area contributed by atoms with Crippen molar-refractivity contribution in [2.75, 3.05) is 6.26 Å². The molecule has 0 aromatic carbocycles. The van der Waals surface area contributed by atoms with Crippen molar-refractivity contribution in [2.45, 2.75) is 20.8 Å². The second kappa shape index (κ2) is 61.5. The van der Waals surface area contributed by atoms with Gasteiger partial charge in [-0.3, -0.25) is 9.59 Å². The molecule has 0 aliphatic rings. The van der Waals surface area contributed by atoms with Gasteiger partial charge < -0.3 is 50.7 Å². The van der Waals surface area contributed by atoms with Gasteiger partial charge in [0.2, 0.25) is 0 Å². The van der Waals surface area contributed by atoms with Crippen LogP contribution in [-0.4, -0.2) is 28.4 Å². The Morgan fingerprint density at radius 3 is 1.00 bits per heavy atom. The number of rotatable bonds is 0. The van der Waals surface area contributed by atoms with Gasteiger partial charge in [0.1, 0.15) is 0 Å². The van der Waals surface area contributed by atoms with E-state index < -0.39 is 11.9 Å². The SMILES string of the molecule is CC(=O)O.CC(=O)O.C[S-].[CH2-]C.[CH3-].[SH-].[U+4]. The number of carboxylic acid groups (broad SMARTS) is 2. The van der Waals surface area contributed by atoms with Crippen LogP contribution in [0.1, 0.15) is 20.8 Å². The Bertz CT molecular complexity index is 82.6. The van der Waals surface area contributed by atoms with Crippen molar-refractivity contribution in [3.63, 3.8) is 0 Å². The Morgan fingerprint density at radius 2 is 1.00 bits per heavy atom. The Labute approximate surface area is 129 Å². The van der Waals surface area contributed by atoms with Crippen LogP contribution in [0.25, 0.3) is 0 Å². The first-order valence-electron chi connectivity index (χ1n) is 2.97. The van der Waals surface area contributed by atoms with E-state index in [1.165, 1.54) is 0 Å². The summed E-state index contributed by atoms with van der Waals surface area (Å²) < 4.78 is 0. The van der Waals surface area contributed by atoms with E-state index in [9.17, 15) is 0 Å². The van der Waals surface area contributed by atoms with Crippen molar-refractivity contribution >= 4 is 38.1 Å². The zero-order valence-electron chi connectivity index (χ0n) is 9.77. The Balaban J connectivity index is -0.0000000112. The van der Waals surface area contributed by atoms with Gasteiger partial charge in [-0.2, -0.15) is 13.2 Å². The molecule has 4 nitrogen and oxygen atoms in total. The minimum atomic E-state index is -0.833. The standard InChI is InChI=1S/2C2H4O2.C2H5.CH4S.CH3.H2S.U/c2*1-2(3)4;2*1-2;;;/h2*1H3,(H,3,4);1H2,2H3;2H,1H3;1H3;1H2;/q;;-1;;-1;;+4/p-2. The number of hydrogen-bond acceptors (Lipinski definition) is 4. The van der Waals surface area contributed by atoms with E-state index in [0.29, 0.717) is 0 Å². The van der Waals surface area contributed by atoms with Crippen LogP contribution in [0, 0.1) is 45.5 Å². The largest absolute Gasteiger partial charge is 4.00 e. The Kier molecular flexibility index (Phi) is 184. The van der Waals surface area contributed by atoms with Gasteiger partial charge in [-0.05, 0) is 0 Å². The minimum Gasteiger partial charge on any atom is -0.813 e. The third-order valence-corrected chi connectivity index (χ3v) is 0. The number of aliphatic carboxylic acids is 2. The molecule has 0 fully saturated rings. The molecule has 2 N–H and O–H groups in total. The van der Waals surface area contributed by atoms with Crippen molar-refractivity contribution in [1.82, 2.24) is 0 Å². The summed E-state index contributed by atoms with van der Waals surface area (Å²) in [7, 11) is 0. The summed E-state index contributed by atoms with van der Waals surface area (Å²) in [5.74, 6) is -1.67. The monoisotopic (exact) mass is 482 g/mol. The first-order chi connectivity index (χ1) is 5.46. The minimum absolute atomic E-state index is 0. The number of carbonyl (C=O) groups is 2. The number of hydrogen-bond donors (Lipinski definition) is 2. The normalized spacial score (nSPS) is 4.13. The summed E-state index contributed by atoms with van der Waals surface area (Å²) in [4.78, 5) is 18.0. The molecule has 0 rings (SSSR count). The van der Waals surface area contributed by atoms with Crippen LogP contribution in [0.2, 0.25) is 0 Å². The molecular weight excluding hydrogens is 462 g/mol. The van der Waals surface area contributed by atoms with Crippen molar-refractivity contribution < 1.29 is 50.9 Å². The fraction of sp³-hybridized carbons (Fsp3) is 0.500. The van der Waals surface area contributed by atoms with E-state index in [4.69, 9.17) is 19.8 Å². The zero-order chi connectivity index (χ0) is 11.2. The second-order valence-corrected chi connectivity index (χ2v) is 1.04. The number of carboxylic acids is 2. The molecule has 0 aliphatic heterocycles. The smallest absolute Gasteiger partial charge is 0.813 e. The van der Waals surface area contributed by atoms with E-state index in [1.54, 1.807) is 13.2 Å². The molecule has 0 saturated heterocycles. The third-order valence-electron chi connectivity index (χ3n) is 0. The zero-order valence-corrected chi connectivity index (χ0v) is 15.6. The summed E-state index contributed by atoms with van der Waals surface area (Å²) >= 11 is 4.08. The summed E-state index contributed by atoms with van der Waals surface area (Å²) in [6.45, 7) is 7.17. The average Bonchev–Trinajstić information content (AvgIpc) is 1.93. The summed E-state index contributed by atoms with van der Waals surface area (Å²) in [5, 5.41) is 14.8. The average molecular weight is 482 g/mol.